The summed E-state index contributed by atoms with van der Waals surface area (Å²) >= 11 is 0. The zero-order valence-electron chi connectivity index (χ0n) is 20.2. The first-order chi connectivity index (χ1) is 16.8. The van der Waals surface area contributed by atoms with Crippen molar-refractivity contribution in [1.82, 2.24) is 0 Å². The van der Waals surface area contributed by atoms with Crippen LogP contribution in [0, 0.1) is 0 Å². The third kappa shape index (κ3) is 14.5. The van der Waals surface area contributed by atoms with E-state index in [1.54, 1.807) is 21.1 Å². The Morgan fingerprint density at radius 2 is 1.24 bits per heavy atom. The van der Waals surface area contributed by atoms with Crippen LogP contribution in [0.3, 0.4) is 0 Å². The molecule has 20 heteroatoms. The lowest BCUT2D eigenvalue weighted by Crippen LogP contribution is -2.38. The van der Waals surface area contributed by atoms with Crippen molar-refractivity contribution in [3.8, 4) is 0 Å². The number of hydrogen-bond donors (Lipinski definition) is 0. The zero-order chi connectivity index (χ0) is 30.2. The van der Waals surface area contributed by atoms with E-state index in [1.165, 1.54) is 0 Å². The van der Waals surface area contributed by atoms with Crippen LogP contribution >= 0.6 is 7.82 Å². The summed E-state index contributed by atoms with van der Waals surface area (Å²) in [5.41, 5.74) is 0. The largest absolute Gasteiger partial charge is 0.756 e. The molecule has 0 amide bonds. The van der Waals surface area contributed by atoms with E-state index in [9.17, 15) is 63.0 Å². The second-order valence-corrected chi connectivity index (χ2v) is 10.2. The number of carbonyl (C=O) groups excluding carboxylic acids is 2. The minimum absolute atomic E-state index is 0.154. The van der Waals surface area contributed by atoms with E-state index in [-0.39, 0.29) is 11.0 Å². The first kappa shape index (κ1) is 36.3. The number of ether oxygens (including phenoxy) is 2. The molecule has 0 bridgehead atoms. The maximum Gasteiger partial charge on any atom is 0.453 e. The van der Waals surface area contributed by atoms with Crippen LogP contribution in [0.4, 0.5) is 43.9 Å². The Labute approximate surface area is 210 Å². The SMILES string of the molecule is C[N+](C)(C)CCOP(=O)([O-])OCC(COC(=O)CCC(F)(F)C(F)(F)F)OC(=O)CCC(F)(F)C(F)(F)F. The Morgan fingerprint density at radius 3 is 1.66 bits per heavy atom. The number of rotatable bonds is 16. The number of halogens is 10. The number of quaternary nitrogens is 1. The van der Waals surface area contributed by atoms with E-state index in [0.29, 0.717) is 0 Å². The van der Waals surface area contributed by atoms with Crippen LogP contribution < -0.4 is 4.89 Å². The molecular formula is C18H26F10NO8P. The van der Waals surface area contributed by atoms with Crippen LogP contribution in [0.1, 0.15) is 25.7 Å². The van der Waals surface area contributed by atoms with E-state index in [0.717, 1.165) is 0 Å². The molecule has 2 unspecified atom stereocenters. The summed E-state index contributed by atoms with van der Waals surface area (Å²) in [7, 11) is -0.0938. The molecule has 0 aromatic heterocycles. The highest BCUT2D eigenvalue weighted by Crippen LogP contribution is 2.40. The summed E-state index contributed by atoms with van der Waals surface area (Å²) in [6, 6.07) is 0. The molecule has 0 saturated carbocycles. The normalized spacial score (nSPS) is 16.1. The van der Waals surface area contributed by atoms with Gasteiger partial charge in [0.2, 0.25) is 0 Å². The van der Waals surface area contributed by atoms with E-state index < -0.39 is 95.6 Å². The summed E-state index contributed by atoms with van der Waals surface area (Å²) < 4.78 is 155. The molecule has 38 heavy (non-hydrogen) atoms. The average molecular weight is 605 g/mol. The Balaban J connectivity index is 5.18. The van der Waals surface area contributed by atoms with E-state index in [4.69, 9.17) is 0 Å². The van der Waals surface area contributed by atoms with Crippen molar-refractivity contribution >= 4 is 19.8 Å². The monoisotopic (exact) mass is 605 g/mol. The maximum atomic E-state index is 13.0. The standard InChI is InChI=1S/C18H26F10NO8P/c1-29(2,3)8-9-35-38(32,33)36-11-12(37-14(31)5-7-16(21,22)18(26,27)28)10-34-13(30)4-6-15(19,20)17(23,24)25/h12H,4-11H2,1-3H3. The third-order valence-corrected chi connectivity index (χ3v) is 5.24. The topological polar surface area (TPSA) is 111 Å². The second-order valence-electron chi connectivity index (χ2n) is 8.79. The van der Waals surface area contributed by atoms with Gasteiger partial charge in [-0.25, -0.2) is 0 Å². The molecule has 2 atom stereocenters. The van der Waals surface area contributed by atoms with Crippen molar-refractivity contribution < 1.29 is 86.0 Å². The summed E-state index contributed by atoms with van der Waals surface area (Å²) in [6.07, 6.45) is -21.1. The predicted octanol–water partition coefficient (Wildman–Crippen LogP) is 3.60. The average Bonchev–Trinajstić information content (AvgIpc) is 2.70. The molecular weight excluding hydrogens is 579 g/mol. The van der Waals surface area contributed by atoms with Crippen LogP contribution in [0.5, 0.6) is 0 Å². The fourth-order valence-corrected chi connectivity index (χ4v) is 2.79. The predicted molar refractivity (Wildman–Crippen MR) is 104 cm³/mol. The zero-order valence-corrected chi connectivity index (χ0v) is 21.1. The molecule has 0 aliphatic heterocycles. The fraction of sp³-hybridized carbons (Fsp3) is 0.889. The van der Waals surface area contributed by atoms with Crippen LogP contribution in [0.15, 0.2) is 0 Å². The molecule has 0 aromatic rings. The van der Waals surface area contributed by atoms with E-state index in [1.807, 2.05) is 0 Å². The number of esters is 2. The van der Waals surface area contributed by atoms with Gasteiger partial charge < -0.3 is 27.9 Å². The maximum absolute atomic E-state index is 13.0. The van der Waals surface area contributed by atoms with Gasteiger partial charge in [0.15, 0.2) is 6.10 Å². The summed E-state index contributed by atoms with van der Waals surface area (Å²) in [5, 5.41) is 0. The molecule has 0 spiro atoms. The lowest BCUT2D eigenvalue weighted by atomic mass is 10.2. The van der Waals surface area contributed by atoms with Crippen molar-refractivity contribution in [3.63, 3.8) is 0 Å². The van der Waals surface area contributed by atoms with Crippen molar-refractivity contribution in [2.45, 2.75) is 56.0 Å². The smallest absolute Gasteiger partial charge is 0.453 e. The van der Waals surface area contributed by atoms with Gasteiger partial charge in [-0.15, -0.1) is 0 Å². The van der Waals surface area contributed by atoms with Gasteiger partial charge in [-0.1, -0.05) is 0 Å². The van der Waals surface area contributed by atoms with E-state index in [2.05, 4.69) is 18.5 Å². The van der Waals surface area contributed by atoms with Crippen LogP contribution in [-0.4, -0.2) is 94.2 Å². The molecule has 0 saturated heterocycles. The molecule has 0 fully saturated rings. The molecule has 9 nitrogen and oxygen atoms in total. The van der Waals surface area contributed by atoms with Gasteiger partial charge in [0.1, 0.15) is 19.8 Å². The van der Waals surface area contributed by atoms with Crippen LogP contribution in [0.2, 0.25) is 0 Å². The molecule has 226 valence electrons. The highest BCUT2D eigenvalue weighted by atomic mass is 31.2. The van der Waals surface area contributed by atoms with Gasteiger partial charge in [0, 0.05) is 12.8 Å². The number of phosphoric ester groups is 1. The van der Waals surface area contributed by atoms with E-state index >= 15 is 0 Å². The van der Waals surface area contributed by atoms with Gasteiger partial charge in [-0.05, 0) is 0 Å². The minimum Gasteiger partial charge on any atom is -0.756 e. The van der Waals surface area contributed by atoms with Crippen LogP contribution in [-0.2, 0) is 32.7 Å². The third-order valence-electron chi connectivity index (χ3n) is 4.27. The van der Waals surface area contributed by atoms with Gasteiger partial charge in [-0.3, -0.25) is 14.2 Å². The molecule has 0 aliphatic rings. The van der Waals surface area contributed by atoms with Crippen molar-refractivity contribution in [3.05, 3.63) is 0 Å². The Morgan fingerprint density at radius 1 is 0.789 bits per heavy atom. The molecule has 0 aliphatic carbocycles. The molecule has 0 rings (SSSR count). The van der Waals surface area contributed by atoms with Gasteiger partial charge in [0.25, 0.3) is 7.82 Å². The van der Waals surface area contributed by atoms with Gasteiger partial charge in [-0.2, -0.15) is 43.9 Å². The highest BCUT2D eigenvalue weighted by Gasteiger charge is 2.57. The Hall–Kier alpha value is -1.69. The molecule has 0 radical (unpaired) electrons. The molecule has 0 heterocycles. The Kier molecular flexibility index (Phi) is 13.0. The number of alkyl halides is 10. The van der Waals surface area contributed by atoms with Crippen molar-refractivity contribution in [2.24, 2.45) is 0 Å². The first-order valence-electron chi connectivity index (χ1n) is 10.4. The number of nitrogens with zero attached hydrogens (tertiary/aromatic N) is 1. The van der Waals surface area contributed by atoms with Crippen molar-refractivity contribution in [1.29, 1.82) is 0 Å². The number of likely N-dealkylation sites (N-methyl/N-ethyl adjacent to an activating group) is 1. The highest BCUT2D eigenvalue weighted by molar-refractivity contribution is 7.45. The van der Waals surface area contributed by atoms with Gasteiger partial charge >= 0.3 is 36.1 Å². The molecule has 0 N–H and O–H groups in total. The molecule has 0 aromatic carbocycles. The summed E-state index contributed by atoms with van der Waals surface area (Å²) in [6.45, 7) is -2.72. The Bertz CT molecular complexity index is 829. The van der Waals surface area contributed by atoms with Crippen molar-refractivity contribution in [2.75, 3.05) is 47.5 Å². The fourth-order valence-electron chi connectivity index (χ4n) is 2.06. The lowest BCUT2D eigenvalue weighted by Gasteiger charge is -2.28. The second kappa shape index (κ2) is 13.6. The summed E-state index contributed by atoms with van der Waals surface area (Å²) in [5.74, 6) is -14.0. The first-order valence-corrected chi connectivity index (χ1v) is 11.9. The lowest BCUT2D eigenvalue weighted by molar-refractivity contribution is -0.870. The summed E-state index contributed by atoms with van der Waals surface area (Å²) in [4.78, 5) is 35.1. The number of hydrogen-bond acceptors (Lipinski definition) is 8. The van der Waals surface area contributed by atoms with Gasteiger partial charge in [0.05, 0.1) is 40.6 Å². The number of carbonyl (C=O) groups is 2. The quantitative estimate of drug-likeness (QED) is 0.114. The number of phosphoric acid groups is 1. The minimum atomic E-state index is -6.00. The van der Waals surface area contributed by atoms with Crippen LogP contribution in [0.25, 0.3) is 0 Å².